The number of rotatable bonds is 4. The van der Waals surface area contributed by atoms with Gasteiger partial charge in [0.15, 0.2) is 0 Å². The number of carbonyl (C=O) groups is 1. The predicted molar refractivity (Wildman–Crippen MR) is 86.2 cm³/mol. The molecule has 1 amide bonds. The summed E-state index contributed by atoms with van der Waals surface area (Å²) in [5.41, 5.74) is 7.46. The molecule has 0 radical (unpaired) electrons. The maximum Gasteiger partial charge on any atom is 0.254 e. The number of likely N-dealkylation sites (tertiary alicyclic amines) is 1. The molecule has 1 fully saturated rings. The first-order valence-electron chi connectivity index (χ1n) is 8.19. The van der Waals surface area contributed by atoms with Crippen molar-refractivity contribution in [2.75, 3.05) is 18.8 Å². The van der Waals surface area contributed by atoms with Gasteiger partial charge in [0, 0.05) is 24.3 Å². The number of hydrogen-bond acceptors (Lipinski definition) is 3. The van der Waals surface area contributed by atoms with E-state index < -0.39 is 0 Å². The van der Waals surface area contributed by atoms with Crippen LogP contribution in [0.5, 0.6) is 0 Å². The number of anilines is 1. The van der Waals surface area contributed by atoms with Crippen molar-refractivity contribution in [1.82, 2.24) is 9.88 Å². The summed E-state index contributed by atoms with van der Waals surface area (Å²) in [6.45, 7) is 6.07. The van der Waals surface area contributed by atoms with Gasteiger partial charge in [-0.3, -0.25) is 4.79 Å². The number of aryl methyl sites for hydroxylation is 1. The first-order chi connectivity index (χ1) is 10.1. The molecule has 2 heterocycles. The highest BCUT2D eigenvalue weighted by molar-refractivity contribution is 5.95. The second-order valence-corrected chi connectivity index (χ2v) is 6.02. The molecule has 1 aliphatic rings. The molecule has 2 N–H and O–H groups in total. The second-order valence-electron chi connectivity index (χ2n) is 6.02. The van der Waals surface area contributed by atoms with E-state index in [0.717, 1.165) is 50.4 Å². The van der Waals surface area contributed by atoms with Crippen LogP contribution in [0.3, 0.4) is 0 Å². The van der Waals surface area contributed by atoms with Gasteiger partial charge in [-0.1, -0.05) is 26.7 Å². The van der Waals surface area contributed by atoms with Gasteiger partial charge in [-0.2, -0.15) is 0 Å². The van der Waals surface area contributed by atoms with E-state index in [1.807, 2.05) is 11.0 Å². The summed E-state index contributed by atoms with van der Waals surface area (Å²) in [4.78, 5) is 19.0. The first kappa shape index (κ1) is 15.8. The van der Waals surface area contributed by atoms with Gasteiger partial charge in [-0.05, 0) is 43.7 Å². The molecule has 1 saturated heterocycles. The van der Waals surface area contributed by atoms with Crippen LogP contribution in [-0.2, 0) is 6.42 Å². The van der Waals surface area contributed by atoms with Gasteiger partial charge in [0.25, 0.3) is 5.91 Å². The average Bonchev–Trinajstić information content (AvgIpc) is 2.71. The van der Waals surface area contributed by atoms with Gasteiger partial charge in [0.2, 0.25) is 0 Å². The fraction of sp³-hybridized carbons (Fsp3) is 0.647. The molecule has 1 aliphatic heterocycles. The Balaban J connectivity index is 2.12. The topological polar surface area (TPSA) is 59.2 Å². The number of hydrogen-bond donors (Lipinski definition) is 1. The standard InChI is InChI=1S/C17H27N3O/c1-3-6-15-11-14(12-16(18)19-15)17(21)20-9-5-7-13(4-2)8-10-20/h11-13H,3-10H2,1-2H3,(H2,18,19). The summed E-state index contributed by atoms with van der Waals surface area (Å²) in [7, 11) is 0. The van der Waals surface area contributed by atoms with E-state index in [1.54, 1.807) is 6.07 Å². The summed E-state index contributed by atoms with van der Waals surface area (Å²) in [5.74, 6) is 1.32. The Labute approximate surface area is 127 Å². The summed E-state index contributed by atoms with van der Waals surface area (Å²) < 4.78 is 0. The highest BCUT2D eigenvalue weighted by Crippen LogP contribution is 2.22. The molecule has 4 heteroatoms. The van der Waals surface area contributed by atoms with E-state index in [1.165, 1.54) is 12.8 Å². The molecule has 0 spiro atoms. The van der Waals surface area contributed by atoms with E-state index in [-0.39, 0.29) is 5.91 Å². The van der Waals surface area contributed by atoms with Crippen molar-refractivity contribution < 1.29 is 4.79 Å². The molecular formula is C17H27N3O. The van der Waals surface area contributed by atoms with Crippen molar-refractivity contribution in [2.24, 2.45) is 5.92 Å². The molecule has 21 heavy (non-hydrogen) atoms. The Morgan fingerprint density at radius 1 is 1.33 bits per heavy atom. The Bertz CT molecular complexity index is 487. The van der Waals surface area contributed by atoms with Crippen molar-refractivity contribution >= 4 is 11.7 Å². The lowest BCUT2D eigenvalue weighted by molar-refractivity contribution is 0.0759. The number of nitrogens with zero attached hydrogens (tertiary/aromatic N) is 2. The summed E-state index contributed by atoms with van der Waals surface area (Å²) >= 11 is 0. The number of nitrogen functional groups attached to an aromatic ring is 1. The van der Waals surface area contributed by atoms with Gasteiger partial charge < -0.3 is 10.6 Å². The molecule has 116 valence electrons. The van der Waals surface area contributed by atoms with E-state index in [2.05, 4.69) is 18.8 Å². The molecular weight excluding hydrogens is 262 g/mol. The van der Waals surface area contributed by atoms with Crippen molar-refractivity contribution in [1.29, 1.82) is 0 Å². The second kappa shape index (κ2) is 7.43. The van der Waals surface area contributed by atoms with Crippen molar-refractivity contribution in [3.05, 3.63) is 23.4 Å². The molecule has 2 rings (SSSR count). The third-order valence-electron chi connectivity index (χ3n) is 4.36. The predicted octanol–water partition coefficient (Wildman–Crippen LogP) is 3.27. The minimum absolute atomic E-state index is 0.109. The molecule has 1 atom stereocenters. The van der Waals surface area contributed by atoms with Crippen LogP contribution < -0.4 is 5.73 Å². The SMILES string of the molecule is CCCc1cc(C(=O)N2CCCC(CC)CC2)cc(N)n1. The third-order valence-corrected chi connectivity index (χ3v) is 4.36. The minimum Gasteiger partial charge on any atom is -0.384 e. The largest absolute Gasteiger partial charge is 0.384 e. The first-order valence-corrected chi connectivity index (χ1v) is 8.19. The lowest BCUT2D eigenvalue weighted by Crippen LogP contribution is -2.32. The zero-order valence-electron chi connectivity index (χ0n) is 13.3. The molecule has 1 aromatic heterocycles. The Morgan fingerprint density at radius 3 is 2.86 bits per heavy atom. The zero-order valence-corrected chi connectivity index (χ0v) is 13.3. The Morgan fingerprint density at radius 2 is 2.14 bits per heavy atom. The lowest BCUT2D eigenvalue weighted by Gasteiger charge is -2.21. The van der Waals surface area contributed by atoms with Gasteiger partial charge >= 0.3 is 0 Å². The van der Waals surface area contributed by atoms with Crippen LogP contribution in [-0.4, -0.2) is 28.9 Å². The quantitative estimate of drug-likeness (QED) is 0.925. The van der Waals surface area contributed by atoms with Crippen molar-refractivity contribution in [2.45, 2.75) is 52.4 Å². The Kier molecular flexibility index (Phi) is 5.59. The maximum atomic E-state index is 12.7. The monoisotopic (exact) mass is 289 g/mol. The van der Waals surface area contributed by atoms with Crippen molar-refractivity contribution in [3.63, 3.8) is 0 Å². The van der Waals surface area contributed by atoms with Crippen LogP contribution in [0.15, 0.2) is 12.1 Å². The lowest BCUT2D eigenvalue weighted by atomic mass is 9.98. The minimum atomic E-state index is 0.109. The summed E-state index contributed by atoms with van der Waals surface area (Å²) in [5, 5.41) is 0. The Hall–Kier alpha value is -1.58. The number of pyridine rings is 1. The third kappa shape index (κ3) is 4.19. The fourth-order valence-electron chi connectivity index (χ4n) is 3.08. The van der Waals surface area contributed by atoms with E-state index in [9.17, 15) is 4.79 Å². The molecule has 1 unspecified atom stereocenters. The molecule has 0 aromatic carbocycles. The molecule has 0 saturated carbocycles. The van der Waals surface area contributed by atoms with Crippen LogP contribution in [0.1, 0.15) is 62.0 Å². The summed E-state index contributed by atoms with van der Waals surface area (Å²) in [6.07, 6.45) is 6.54. The van der Waals surface area contributed by atoms with E-state index >= 15 is 0 Å². The average molecular weight is 289 g/mol. The van der Waals surface area contributed by atoms with Crippen LogP contribution in [0.4, 0.5) is 5.82 Å². The van der Waals surface area contributed by atoms with Crippen LogP contribution in [0, 0.1) is 5.92 Å². The van der Waals surface area contributed by atoms with Crippen LogP contribution >= 0.6 is 0 Å². The number of carbonyl (C=O) groups excluding carboxylic acids is 1. The smallest absolute Gasteiger partial charge is 0.254 e. The number of amides is 1. The molecule has 0 bridgehead atoms. The van der Waals surface area contributed by atoms with Crippen LogP contribution in [0.2, 0.25) is 0 Å². The van der Waals surface area contributed by atoms with E-state index in [4.69, 9.17) is 5.73 Å². The van der Waals surface area contributed by atoms with Gasteiger partial charge in [0.05, 0.1) is 0 Å². The molecule has 4 nitrogen and oxygen atoms in total. The van der Waals surface area contributed by atoms with Gasteiger partial charge in [-0.25, -0.2) is 4.98 Å². The molecule has 0 aliphatic carbocycles. The van der Waals surface area contributed by atoms with Crippen LogP contribution in [0.25, 0.3) is 0 Å². The normalized spacial score (nSPS) is 19.3. The maximum absolute atomic E-state index is 12.7. The van der Waals surface area contributed by atoms with E-state index in [0.29, 0.717) is 11.4 Å². The zero-order chi connectivity index (χ0) is 15.2. The highest BCUT2D eigenvalue weighted by Gasteiger charge is 2.21. The highest BCUT2D eigenvalue weighted by atomic mass is 16.2. The number of aromatic nitrogens is 1. The fourth-order valence-corrected chi connectivity index (χ4v) is 3.08. The van der Waals surface area contributed by atoms with Gasteiger partial charge in [-0.15, -0.1) is 0 Å². The summed E-state index contributed by atoms with van der Waals surface area (Å²) in [6, 6.07) is 3.62. The van der Waals surface area contributed by atoms with Gasteiger partial charge in [0.1, 0.15) is 5.82 Å². The van der Waals surface area contributed by atoms with Crippen molar-refractivity contribution in [3.8, 4) is 0 Å². The number of nitrogens with two attached hydrogens (primary N) is 1. The molecule has 1 aromatic rings.